The average Bonchev–Trinajstić information content (AvgIpc) is 2.75. The van der Waals surface area contributed by atoms with Gasteiger partial charge in [-0.25, -0.2) is 0 Å². The largest absolute Gasteiger partial charge is 0.505 e. The van der Waals surface area contributed by atoms with E-state index < -0.39 is 0 Å². The van der Waals surface area contributed by atoms with Crippen molar-refractivity contribution < 1.29 is 9.90 Å². The summed E-state index contributed by atoms with van der Waals surface area (Å²) in [6.45, 7) is 7.85. The van der Waals surface area contributed by atoms with Crippen LogP contribution in [0, 0.1) is 27.7 Å². The van der Waals surface area contributed by atoms with Crippen molar-refractivity contribution >= 4 is 33.7 Å². The van der Waals surface area contributed by atoms with E-state index >= 15 is 0 Å². The minimum absolute atomic E-state index is 0.00289. The molecule has 4 aromatic carbocycles. The first kappa shape index (κ1) is 21.2. The number of aromatic hydroxyl groups is 1. The SMILES string of the molecule is Cc1ccc(N=Nc2c(C)cc3cc(C)cc(NC(=O)c4ccccc4)c3c2O)c(C)c1. The van der Waals surface area contributed by atoms with Crippen molar-refractivity contribution in [2.45, 2.75) is 27.7 Å². The number of aryl methyl sites for hydroxylation is 4. The molecule has 0 aliphatic carbocycles. The number of benzene rings is 4. The van der Waals surface area contributed by atoms with Crippen LogP contribution in [0.3, 0.4) is 0 Å². The predicted molar refractivity (Wildman–Crippen MR) is 130 cm³/mol. The fourth-order valence-electron chi connectivity index (χ4n) is 3.83. The number of nitrogens with one attached hydrogen (secondary N) is 1. The zero-order valence-corrected chi connectivity index (χ0v) is 18.6. The third-order valence-corrected chi connectivity index (χ3v) is 5.41. The zero-order chi connectivity index (χ0) is 22.8. The van der Waals surface area contributed by atoms with Crippen molar-refractivity contribution in [1.29, 1.82) is 0 Å². The Morgan fingerprint density at radius 1 is 0.812 bits per heavy atom. The topological polar surface area (TPSA) is 74.0 Å². The molecule has 32 heavy (non-hydrogen) atoms. The molecule has 0 aliphatic rings. The predicted octanol–water partition coefficient (Wildman–Crippen LogP) is 7.45. The highest BCUT2D eigenvalue weighted by atomic mass is 16.3. The van der Waals surface area contributed by atoms with E-state index in [2.05, 4.69) is 15.5 Å². The molecule has 0 bridgehead atoms. The standard InChI is InChI=1S/C27H25N3O2/c1-16-10-11-22(18(3)12-16)29-30-25-19(4)15-21-13-17(2)14-23(24(21)26(25)31)28-27(32)20-8-6-5-7-9-20/h5-15,31H,1-4H3,(H,28,32). The normalized spacial score (nSPS) is 11.2. The first-order valence-corrected chi connectivity index (χ1v) is 10.5. The Kier molecular flexibility index (Phi) is 5.73. The molecular weight excluding hydrogens is 398 g/mol. The number of azo groups is 1. The molecule has 5 nitrogen and oxygen atoms in total. The van der Waals surface area contributed by atoms with Crippen LogP contribution in [0.1, 0.15) is 32.6 Å². The second-order valence-corrected chi connectivity index (χ2v) is 8.11. The summed E-state index contributed by atoms with van der Waals surface area (Å²) in [5.74, 6) is -0.243. The van der Waals surface area contributed by atoms with Crippen molar-refractivity contribution in [3.8, 4) is 5.75 Å². The minimum atomic E-state index is -0.240. The van der Waals surface area contributed by atoms with Gasteiger partial charge in [-0.3, -0.25) is 4.79 Å². The first-order valence-electron chi connectivity index (χ1n) is 10.5. The number of rotatable bonds is 4. The molecule has 0 aromatic heterocycles. The summed E-state index contributed by atoms with van der Waals surface area (Å²) in [4.78, 5) is 12.8. The summed E-state index contributed by atoms with van der Waals surface area (Å²) in [6, 6.07) is 20.7. The summed E-state index contributed by atoms with van der Waals surface area (Å²) >= 11 is 0. The highest BCUT2D eigenvalue weighted by Gasteiger charge is 2.16. The summed E-state index contributed by atoms with van der Waals surface area (Å²) in [5.41, 5.74) is 6.16. The van der Waals surface area contributed by atoms with Gasteiger partial charge in [0.1, 0.15) is 5.69 Å². The van der Waals surface area contributed by atoms with E-state index in [0.29, 0.717) is 22.3 Å². The molecule has 160 valence electrons. The number of amides is 1. The number of phenolic OH excluding ortho intramolecular Hbond substituents is 1. The maximum absolute atomic E-state index is 12.8. The lowest BCUT2D eigenvalue weighted by atomic mass is 10.00. The van der Waals surface area contributed by atoms with Crippen LogP contribution in [-0.2, 0) is 0 Å². The smallest absolute Gasteiger partial charge is 0.255 e. The van der Waals surface area contributed by atoms with E-state index in [1.165, 1.54) is 0 Å². The zero-order valence-electron chi connectivity index (χ0n) is 18.6. The number of fused-ring (bicyclic) bond motifs is 1. The van der Waals surface area contributed by atoms with Crippen LogP contribution < -0.4 is 5.32 Å². The van der Waals surface area contributed by atoms with Crippen molar-refractivity contribution in [3.05, 3.63) is 94.5 Å². The fourth-order valence-corrected chi connectivity index (χ4v) is 3.83. The third-order valence-electron chi connectivity index (χ3n) is 5.41. The Hall–Kier alpha value is -3.99. The Balaban J connectivity index is 1.80. The summed E-state index contributed by atoms with van der Waals surface area (Å²) in [6.07, 6.45) is 0. The van der Waals surface area contributed by atoms with E-state index in [-0.39, 0.29) is 11.7 Å². The van der Waals surface area contributed by atoms with Crippen molar-refractivity contribution in [2.75, 3.05) is 5.32 Å². The second-order valence-electron chi connectivity index (χ2n) is 8.11. The van der Waals surface area contributed by atoms with Gasteiger partial charge in [0, 0.05) is 10.9 Å². The van der Waals surface area contributed by atoms with Gasteiger partial charge in [0.2, 0.25) is 0 Å². The van der Waals surface area contributed by atoms with E-state index in [0.717, 1.165) is 33.3 Å². The molecule has 4 aromatic rings. The van der Waals surface area contributed by atoms with E-state index in [9.17, 15) is 9.90 Å². The molecular formula is C27H25N3O2. The molecule has 0 saturated heterocycles. The Bertz CT molecular complexity index is 1360. The molecule has 0 atom stereocenters. The number of phenols is 1. The van der Waals surface area contributed by atoms with Gasteiger partial charge in [-0.15, -0.1) is 5.11 Å². The summed E-state index contributed by atoms with van der Waals surface area (Å²) in [7, 11) is 0. The maximum atomic E-state index is 12.8. The third kappa shape index (κ3) is 4.23. The van der Waals surface area contributed by atoms with Crippen molar-refractivity contribution in [2.24, 2.45) is 10.2 Å². The first-order chi connectivity index (χ1) is 15.3. The van der Waals surface area contributed by atoms with Crippen LogP contribution in [0.5, 0.6) is 5.75 Å². The van der Waals surface area contributed by atoms with E-state index in [4.69, 9.17) is 0 Å². The van der Waals surface area contributed by atoms with Gasteiger partial charge >= 0.3 is 0 Å². The molecule has 0 saturated carbocycles. The molecule has 0 fully saturated rings. The van der Waals surface area contributed by atoms with E-state index in [1.54, 1.807) is 12.1 Å². The molecule has 5 heteroatoms. The lowest BCUT2D eigenvalue weighted by molar-refractivity contribution is 0.102. The highest BCUT2D eigenvalue weighted by Crippen LogP contribution is 2.43. The fraction of sp³-hybridized carbons (Fsp3) is 0.148. The molecule has 0 unspecified atom stereocenters. The molecule has 0 radical (unpaired) electrons. The lowest BCUT2D eigenvalue weighted by Crippen LogP contribution is -2.12. The average molecular weight is 424 g/mol. The second kappa shape index (κ2) is 8.63. The summed E-state index contributed by atoms with van der Waals surface area (Å²) < 4.78 is 0. The number of hydrogen-bond donors (Lipinski definition) is 2. The quantitative estimate of drug-likeness (QED) is 0.335. The van der Waals surface area contributed by atoms with Gasteiger partial charge in [-0.05, 0) is 80.1 Å². The van der Waals surface area contributed by atoms with Gasteiger partial charge in [-0.1, -0.05) is 42.0 Å². The molecule has 4 rings (SSSR count). The molecule has 0 spiro atoms. The van der Waals surface area contributed by atoms with Crippen LogP contribution in [0.25, 0.3) is 10.8 Å². The van der Waals surface area contributed by atoms with Gasteiger partial charge in [0.15, 0.2) is 5.75 Å². The number of nitrogens with zero attached hydrogens (tertiary/aromatic N) is 2. The molecule has 0 heterocycles. The Morgan fingerprint density at radius 3 is 2.28 bits per heavy atom. The van der Waals surface area contributed by atoms with Gasteiger partial charge in [0.25, 0.3) is 5.91 Å². The van der Waals surface area contributed by atoms with Crippen LogP contribution in [0.15, 0.2) is 77.0 Å². The molecule has 0 aliphatic heterocycles. The Labute approximate surface area is 187 Å². The number of carbonyl (C=O) groups is 1. The van der Waals surface area contributed by atoms with Gasteiger partial charge < -0.3 is 10.4 Å². The van der Waals surface area contributed by atoms with Crippen molar-refractivity contribution in [3.63, 3.8) is 0 Å². The highest BCUT2D eigenvalue weighted by molar-refractivity contribution is 6.12. The molecule has 1 amide bonds. The monoisotopic (exact) mass is 423 g/mol. The maximum Gasteiger partial charge on any atom is 0.255 e. The number of hydrogen-bond acceptors (Lipinski definition) is 4. The van der Waals surface area contributed by atoms with Crippen molar-refractivity contribution in [1.82, 2.24) is 0 Å². The molecule has 2 N–H and O–H groups in total. The Morgan fingerprint density at radius 2 is 1.56 bits per heavy atom. The van der Waals surface area contributed by atoms with Crippen LogP contribution in [-0.4, -0.2) is 11.0 Å². The van der Waals surface area contributed by atoms with Crippen LogP contribution in [0.4, 0.5) is 17.1 Å². The number of anilines is 1. The van der Waals surface area contributed by atoms with Gasteiger partial charge in [0.05, 0.1) is 11.4 Å². The number of carbonyl (C=O) groups excluding carboxylic acids is 1. The lowest BCUT2D eigenvalue weighted by Gasteiger charge is -2.14. The van der Waals surface area contributed by atoms with E-state index in [1.807, 2.05) is 82.3 Å². The van der Waals surface area contributed by atoms with Crippen LogP contribution >= 0.6 is 0 Å². The summed E-state index contributed by atoms with van der Waals surface area (Å²) in [5, 5.41) is 24.2. The minimum Gasteiger partial charge on any atom is -0.505 e. The van der Waals surface area contributed by atoms with Gasteiger partial charge in [-0.2, -0.15) is 5.11 Å². The van der Waals surface area contributed by atoms with Crippen LogP contribution in [0.2, 0.25) is 0 Å².